The Bertz CT molecular complexity index is 888. The number of carbonyl (C=O) groups excluding carboxylic acids is 1. The Labute approximate surface area is 132 Å². The molecule has 1 heterocycles. The molecule has 1 amide bonds. The third-order valence-corrected chi connectivity index (χ3v) is 4.84. The first kappa shape index (κ1) is 15.3. The monoisotopic (exact) mass is 336 g/mol. The van der Waals surface area contributed by atoms with Crippen LogP contribution in [0.5, 0.6) is 5.75 Å². The lowest BCUT2D eigenvalue weighted by Crippen LogP contribution is -2.30. The average Bonchev–Trinajstić information content (AvgIpc) is 2.71. The number of anilines is 1. The van der Waals surface area contributed by atoms with E-state index in [4.69, 9.17) is 0 Å². The number of aromatic hydroxyl groups is 1. The highest BCUT2D eigenvalue weighted by atomic mass is 32.2. The van der Waals surface area contributed by atoms with Gasteiger partial charge in [0.05, 0.1) is 0 Å². The molecule has 6 nitrogen and oxygen atoms in total. The van der Waals surface area contributed by atoms with Gasteiger partial charge in [0.1, 0.15) is 18.0 Å². The van der Waals surface area contributed by atoms with Gasteiger partial charge in [0.25, 0.3) is 5.91 Å². The van der Waals surface area contributed by atoms with Crippen molar-refractivity contribution in [3.8, 4) is 16.9 Å². The molecule has 1 fully saturated rings. The van der Waals surface area contributed by atoms with E-state index in [2.05, 4.69) is 0 Å². The molecule has 0 saturated carbocycles. The minimum Gasteiger partial charge on any atom is -0.506 e. The van der Waals surface area contributed by atoms with Crippen LogP contribution in [0.4, 0.5) is 10.1 Å². The summed E-state index contributed by atoms with van der Waals surface area (Å²) in [4.78, 5) is 11.3. The molecule has 2 aromatic rings. The van der Waals surface area contributed by atoms with Crippen molar-refractivity contribution in [2.75, 3.05) is 10.8 Å². The first-order valence-electron chi connectivity index (χ1n) is 6.71. The molecule has 0 aromatic heterocycles. The quantitative estimate of drug-likeness (QED) is 0.874. The lowest BCUT2D eigenvalue weighted by molar-refractivity contribution is -0.117. The number of aryl methyl sites for hydroxylation is 1. The minimum atomic E-state index is -4.18. The van der Waals surface area contributed by atoms with E-state index in [9.17, 15) is 22.7 Å². The van der Waals surface area contributed by atoms with Crippen LogP contribution in [0.1, 0.15) is 5.56 Å². The normalized spacial score (nSPS) is 16.4. The fraction of sp³-hybridized carbons (Fsp3) is 0.133. The number of hydrogen-bond donors (Lipinski definition) is 2. The van der Waals surface area contributed by atoms with Gasteiger partial charge < -0.3 is 5.11 Å². The number of nitrogens with one attached hydrogen (secondary N) is 1. The molecule has 23 heavy (non-hydrogen) atoms. The summed E-state index contributed by atoms with van der Waals surface area (Å²) in [7, 11) is -4.18. The molecule has 1 saturated heterocycles. The number of carbonyl (C=O) groups is 1. The fourth-order valence-electron chi connectivity index (χ4n) is 2.47. The number of hydrogen-bond acceptors (Lipinski definition) is 4. The molecule has 0 bridgehead atoms. The van der Waals surface area contributed by atoms with E-state index in [1.54, 1.807) is 16.9 Å². The molecule has 3 rings (SSSR count). The first-order chi connectivity index (χ1) is 10.8. The molecule has 0 spiro atoms. The molecule has 8 heteroatoms. The van der Waals surface area contributed by atoms with Crippen molar-refractivity contribution in [3.05, 3.63) is 47.8 Å². The van der Waals surface area contributed by atoms with E-state index >= 15 is 0 Å². The van der Waals surface area contributed by atoms with Gasteiger partial charge in [-0.3, -0.25) is 4.79 Å². The second kappa shape index (κ2) is 5.24. The summed E-state index contributed by atoms with van der Waals surface area (Å²) in [6.07, 6.45) is 0. The highest BCUT2D eigenvalue weighted by Gasteiger charge is 2.37. The van der Waals surface area contributed by atoms with Gasteiger partial charge in [-0.1, -0.05) is 29.8 Å². The summed E-state index contributed by atoms with van der Waals surface area (Å²) in [5.74, 6) is -2.27. The molecule has 0 unspecified atom stereocenters. The molecule has 120 valence electrons. The molecule has 2 aromatic carbocycles. The van der Waals surface area contributed by atoms with Crippen LogP contribution >= 0.6 is 0 Å². The van der Waals surface area contributed by atoms with Gasteiger partial charge in [-0.25, -0.2) is 13.4 Å². The van der Waals surface area contributed by atoms with Gasteiger partial charge in [0.15, 0.2) is 5.82 Å². The molecule has 1 aliphatic rings. The maximum absolute atomic E-state index is 14.4. The van der Waals surface area contributed by atoms with E-state index in [1.165, 1.54) is 6.07 Å². The Morgan fingerprint density at radius 3 is 2.52 bits per heavy atom. The molecular weight excluding hydrogens is 323 g/mol. The smallest absolute Gasteiger partial charge is 0.326 e. The Kier molecular flexibility index (Phi) is 3.48. The van der Waals surface area contributed by atoms with Crippen LogP contribution in [0, 0.1) is 12.7 Å². The van der Waals surface area contributed by atoms with Crippen LogP contribution < -0.4 is 9.03 Å². The summed E-state index contributed by atoms with van der Waals surface area (Å²) >= 11 is 0. The van der Waals surface area contributed by atoms with Gasteiger partial charge in [-0.05, 0) is 30.2 Å². The van der Waals surface area contributed by atoms with Gasteiger partial charge in [-0.15, -0.1) is 0 Å². The third kappa shape index (κ3) is 2.72. The molecular formula is C15H13FN2O4S. The minimum absolute atomic E-state index is 0.406. The van der Waals surface area contributed by atoms with E-state index in [0.29, 0.717) is 15.4 Å². The van der Waals surface area contributed by atoms with Crippen LogP contribution in [-0.2, 0) is 15.0 Å². The number of halogens is 1. The van der Waals surface area contributed by atoms with E-state index in [-0.39, 0.29) is 0 Å². The number of phenolic OH excluding ortho intramolecular Hbond substituents is 1. The largest absolute Gasteiger partial charge is 0.506 e. The van der Waals surface area contributed by atoms with Gasteiger partial charge in [-0.2, -0.15) is 8.42 Å². The number of rotatable bonds is 2. The van der Waals surface area contributed by atoms with Crippen LogP contribution in [0.15, 0.2) is 36.4 Å². The molecule has 0 atom stereocenters. The SMILES string of the molecule is Cc1cccc(-c2cc(O)c(N3CC(=O)NS3(=O)=O)c(F)c2)c1. The standard InChI is InChI=1S/C15H13FN2O4S/c1-9-3-2-4-10(5-9)11-6-12(16)15(13(19)7-11)18-8-14(20)17-23(18,21)22/h2-7,19H,8H2,1H3,(H,17,20). The lowest BCUT2D eigenvalue weighted by atomic mass is 10.0. The van der Waals surface area contributed by atoms with Gasteiger partial charge in [0, 0.05) is 0 Å². The Hall–Kier alpha value is -2.61. The molecule has 2 N–H and O–H groups in total. The zero-order chi connectivity index (χ0) is 16.8. The summed E-state index contributed by atoms with van der Waals surface area (Å²) < 4.78 is 40.2. The van der Waals surface area contributed by atoms with Crippen LogP contribution in [0.2, 0.25) is 0 Å². The summed E-state index contributed by atoms with van der Waals surface area (Å²) in [5, 5.41) is 10.1. The number of amides is 1. The summed E-state index contributed by atoms with van der Waals surface area (Å²) in [6, 6.07) is 9.63. The number of phenols is 1. The predicted octanol–water partition coefficient (Wildman–Crippen LogP) is 1.69. The summed E-state index contributed by atoms with van der Waals surface area (Å²) in [6.45, 7) is 1.30. The molecule has 0 radical (unpaired) electrons. The van der Waals surface area contributed by atoms with Crippen molar-refractivity contribution < 1.29 is 22.7 Å². The van der Waals surface area contributed by atoms with E-state index in [1.807, 2.05) is 19.1 Å². The highest BCUT2D eigenvalue weighted by Crippen LogP contribution is 2.37. The maximum Gasteiger partial charge on any atom is 0.326 e. The second-order valence-electron chi connectivity index (χ2n) is 5.23. The first-order valence-corrected chi connectivity index (χ1v) is 8.15. The summed E-state index contributed by atoms with van der Waals surface area (Å²) in [5.41, 5.74) is 1.51. The lowest BCUT2D eigenvalue weighted by Gasteiger charge is -2.18. The second-order valence-corrected chi connectivity index (χ2v) is 6.83. The Morgan fingerprint density at radius 1 is 1.22 bits per heavy atom. The van der Waals surface area contributed by atoms with Crippen molar-refractivity contribution >= 4 is 21.8 Å². The third-order valence-electron chi connectivity index (χ3n) is 3.46. The zero-order valence-electron chi connectivity index (χ0n) is 12.1. The Morgan fingerprint density at radius 2 is 1.96 bits per heavy atom. The van der Waals surface area contributed by atoms with E-state index in [0.717, 1.165) is 11.6 Å². The molecule has 1 aliphatic heterocycles. The van der Waals surface area contributed by atoms with Gasteiger partial charge >= 0.3 is 10.2 Å². The maximum atomic E-state index is 14.4. The van der Waals surface area contributed by atoms with Crippen LogP contribution in [0.25, 0.3) is 11.1 Å². The van der Waals surface area contributed by atoms with Crippen molar-refractivity contribution in [3.63, 3.8) is 0 Å². The van der Waals surface area contributed by atoms with Crippen molar-refractivity contribution in [1.82, 2.24) is 4.72 Å². The zero-order valence-corrected chi connectivity index (χ0v) is 12.9. The van der Waals surface area contributed by atoms with Crippen molar-refractivity contribution in [1.29, 1.82) is 0 Å². The topological polar surface area (TPSA) is 86.7 Å². The number of nitrogens with zero attached hydrogens (tertiary/aromatic N) is 1. The van der Waals surface area contributed by atoms with Crippen LogP contribution in [-0.4, -0.2) is 26.0 Å². The fourth-order valence-corrected chi connectivity index (χ4v) is 3.64. The average molecular weight is 336 g/mol. The van der Waals surface area contributed by atoms with Crippen LogP contribution in [0.3, 0.4) is 0 Å². The van der Waals surface area contributed by atoms with Crippen molar-refractivity contribution in [2.45, 2.75) is 6.92 Å². The highest BCUT2D eigenvalue weighted by molar-refractivity contribution is 7.92. The van der Waals surface area contributed by atoms with Gasteiger partial charge in [0.2, 0.25) is 0 Å². The van der Waals surface area contributed by atoms with E-state index < -0.39 is 39.9 Å². The Balaban J connectivity index is 2.10. The number of benzene rings is 2. The predicted molar refractivity (Wildman–Crippen MR) is 82.6 cm³/mol. The molecule has 0 aliphatic carbocycles. The van der Waals surface area contributed by atoms with Crippen molar-refractivity contribution in [2.24, 2.45) is 0 Å².